The van der Waals surface area contributed by atoms with E-state index in [1.165, 1.54) is 7.11 Å². The first-order chi connectivity index (χ1) is 5.16. The molecule has 4 heteroatoms. The van der Waals surface area contributed by atoms with E-state index in [2.05, 4.69) is 27.8 Å². The Labute approximate surface area is 75.0 Å². The number of carbonyl (C=O) groups is 1. The molecule has 0 radical (unpaired) electrons. The minimum atomic E-state index is -0.147. The highest BCUT2D eigenvalue weighted by Crippen LogP contribution is 2.27. The molecule has 0 aromatic rings. The quantitative estimate of drug-likeness (QED) is 0.495. The second-order valence-electron chi connectivity index (χ2n) is 2.81. The van der Waals surface area contributed by atoms with Gasteiger partial charge in [0.2, 0.25) is 0 Å². The van der Waals surface area contributed by atoms with Gasteiger partial charge in [0.25, 0.3) is 0 Å². The van der Waals surface area contributed by atoms with Gasteiger partial charge in [-0.25, -0.2) is 3.93 Å². The van der Waals surface area contributed by atoms with Crippen molar-refractivity contribution < 1.29 is 9.53 Å². The molecule has 1 heterocycles. The second-order valence-corrected chi connectivity index (χ2v) is 3.63. The number of nitrogens with zero attached hydrogens (tertiary/aromatic N) is 1. The molecule has 0 amide bonds. The summed E-state index contributed by atoms with van der Waals surface area (Å²) in [6.45, 7) is 2.08. The molecule has 64 valence electrons. The molecule has 1 unspecified atom stereocenters. The molecule has 1 aliphatic rings. The van der Waals surface area contributed by atoms with Crippen LogP contribution in [0.1, 0.15) is 19.8 Å². The largest absolute Gasteiger partial charge is 0.468 e. The van der Waals surface area contributed by atoms with Crippen molar-refractivity contribution >= 4 is 22.1 Å². The molecule has 1 aliphatic heterocycles. The van der Waals surface area contributed by atoms with E-state index in [1.807, 2.05) is 3.93 Å². The highest BCUT2D eigenvalue weighted by atomic mass is 79.9. The van der Waals surface area contributed by atoms with Gasteiger partial charge in [0, 0.05) is 22.2 Å². The molecule has 11 heavy (non-hydrogen) atoms. The topological polar surface area (TPSA) is 29.5 Å². The lowest BCUT2D eigenvalue weighted by atomic mass is 10.2. The molecular formula is C7H12BrNO2. The van der Waals surface area contributed by atoms with Crippen LogP contribution in [0.25, 0.3) is 0 Å². The number of carbonyl (C=O) groups excluding carboxylic acids is 1. The molecule has 0 saturated carbocycles. The third kappa shape index (κ3) is 1.73. The minimum absolute atomic E-state index is 0.0880. The van der Waals surface area contributed by atoms with E-state index >= 15 is 0 Å². The van der Waals surface area contributed by atoms with Crippen molar-refractivity contribution in [1.82, 2.24) is 3.93 Å². The van der Waals surface area contributed by atoms with Gasteiger partial charge in [-0.15, -0.1) is 0 Å². The standard InChI is InChI=1S/C7H12BrNO2/c1-5-3-4-6(9(5)8)7(10)11-2/h5-6H,3-4H2,1-2H3/t5?,6-/m0/s1. The van der Waals surface area contributed by atoms with Crippen LogP contribution in [0.4, 0.5) is 0 Å². The fourth-order valence-electron chi connectivity index (χ4n) is 1.31. The fraction of sp³-hybridized carbons (Fsp3) is 0.857. The molecule has 0 aromatic heterocycles. The zero-order valence-corrected chi connectivity index (χ0v) is 8.30. The Bertz CT molecular complexity index is 163. The van der Waals surface area contributed by atoms with Crippen LogP contribution in [0.15, 0.2) is 0 Å². The first-order valence-electron chi connectivity index (χ1n) is 3.68. The number of methoxy groups -OCH3 is 1. The van der Waals surface area contributed by atoms with Gasteiger partial charge in [0.15, 0.2) is 0 Å². The Morgan fingerprint density at radius 2 is 2.27 bits per heavy atom. The average molecular weight is 222 g/mol. The van der Waals surface area contributed by atoms with Crippen LogP contribution in [0.5, 0.6) is 0 Å². The average Bonchev–Trinajstić information content (AvgIpc) is 2.32. The van der Waals surface area contributed by atoms with Gasteiger partial charge in [-0.3, -0.25) is 4.79 Å². The molecule has 0 aliphatic carbocycles. The Morgan fingerprint density at radius 3 is 2.64 bits per heavy atom. The predicted molar refractivity (Wildman–Crippen MR) is 45.3 cm³/mol. The Hall–Kier alpha value is -0.0900. The molecule has 1 fully saturated rings. The van der Waals surface area contributed by atoms with Gasteiger partial charge < -0.3 is 4.74 Å². The van der Waals surface area contributed by atoms with Gasteiger partial charge in [-0.1, -0.05) is 0 Å². The Balaban J connectivity index is 2.54. The number of hydrogen-bond acceptors (Lipinski definition) is 3. The molecule has 1 rings (SSSR count). The zero-order chi connectivity index (χ0) is 8.43. The van der Waals surface area contributed by atoms with Crippen molar-refractivity contribution in [2.75, 3.05) is 7.11 Å². The van der Waals surface area contributed by atoms with Crippen molar-refractivity contribution in [2.45, 2.75) is 31.8 Å². The summed E-state index contributed by atoms with van der Waals surface area (Å²) in [4.78, 5) is 11.1. The van der Waals surface area contributed by atoms with Crippen molar-refractivity contribution in [1.29, 1.82) is 0 Å². The summed E-state index contributed by atoms with van der Waals surface area (Å²) in [6, 6.07) is 0.342. The van der Waals surface area contributed by atoms with Crippen LogP contribution in [-0.2, 0) is 9.53 Å². The molecule has 0 spiro atoms. The van der Waals surface area contributed by atoms with Gasteiger partial charge in [0.05, 0.1) is 7.11 Å². The van der Waals surface area contributed by atoms with E-state index in [9.17, 15) is 4.79 Å². The maximum absolute atomic E-state index is 11.1. The predicted octanol–water partition coefficient (Wildman–Crippen LogP) is 1.32. The number of ether oxygens (including phenoxy) is 1. The molecule has 3 nitrogen and oxygen atoms in total. The van der Waals surface area contributed by atoms with E-state index in [-0.39, 0.29) is 12.0 Å². The van der Waals surface area contributed by atoms with E-state index in [0.29, 0.717) is 6.04 Å². The van der Waals surface area contributed by atoms with Gasteiger partial charge >= 0.3 is 5.97 Å². The smallest absolute Gasteiger partial charge is 0.323 e. The number of halogens is 1. The summed E-state index contributed by atoms with van der Waals surface area (Å²) in [5.41, 5.74) is 0. The molecule has 1 saturated heterocycles. The summed E-state index contributed by atoms with van der Waals surface area (Å²) < 4.78 is 6.53. The highest BCUT2D eigenvalue weighted by molar-refractivity contribution is 9.07. The number of rotatable bonds is 1. The summed E-state index contributed by atoms with van der Waals surface area (Å²) in [7, 11) is 1.42. The maximum Gasteiger partial charge on any atom is 0.323 e. The van der Waals surface area contributed by atoms with Crippen LogP contribution in [0, 0.1) is 0 Å². The normalized spacial score (nSPS) is 32.3. The molecular weight excluding hydrogens is 210 g/mol. The lowest BCUT2D eigenvalue weighted by molar-refractivity contribution is -0.144. The first kappa shape index (κ1) is 9.00. The number of hydrogen-bond donors (Lipinski definition) is 0. The molecule has 0 N–H and O–H groups in total. The van der Waals surface area contributed by atoms with Crippen LogP contribution >= 0.6 is 16.1 Å². The van der Waals surface area contributed by atoms with Crippen molar-refractivity contribution in [2.24, 2.45) is 0 Å². The highest BCUT2D eigenvalue weighted by Gasteiger charge is 2.34. The summed E-state index contributed by atoms with van der Waals surface area (Å²) in [5, 5.41) is 0. The Kier molecular flexibility index (Phi) is 2.90. The minimum Gasteiger partial charge on any atom is -0.468 e. The first-order valence-corrected chi connectivity index (χ1v) is 4.39. The summed E-state index contributed by atoms with van der Waals surface area (Å²) in [5.74, 6) is -0.147. The summed E-state index contributed by atoms with van der Waals surface area (Å²) >= 11 is 3.34. The zero-order valence-electron chi connectivity index (χ0n) is 6.71. The van der Waals surface area contributed by atoms with Gasteiger partial charge in [-0.05, 0) is 19.8 Å². The van der Waals surface area contributed by atoms with E-state index < -0.39 is 0 Å². The van der Waals surface area contributed by atoms with Crippen molar-refractivity contribution in [3.63, 3.8) is 0 Å². The van der Waals surface area contributed by atoms with Gasteiger partial charge in [0.1, 0.15) is 6.04 Å². The fourth-order valence-corrected chi connectivity index (χ4v) is 1.88. The van der Waals surface area contributed by atoms with Crippen molar-refractivity contribution in [3.05, 3.63) is 0 Å². The van der Waals surface area contributed by atoms with Crippen LogP contribution in [-0.4, -0.2) is 29.1 Å². The Morgan fingerprint density at radius 1 is 1.64 bits per heavy atom. The van der Waals surface area contributed by atoms with Gasteiger partial charge in [-0.2, -0.15) is 0 Å². The van der Waals surface area contributed by atoms with Crippen LogP contribution in [0.3, 0.4) is 0 Å². The maximum atomic E-state index is 11.1. The lowest BCUT2D eigenvalue weighted by Gasteiger charge is -2.17. The summed E-state index contributed by atoms with van der Waals surface area (Å²) in [6.07, 6.45) is 1.93. The second kappa shape index (κ2) is 3.54. The monoisotopic (exact) mass is 221 g/mol. The third-order valence-corrected chi connectivity index (χ3v) is 3.24. The molecule has 2 atom stereocenters. The molecule has 0 aromatic carbocycles. The van der Waals surface area contributed by atoms with Crippen molar-refractivity contribution in [3.8, 4) is 0 Å². The number of esters is 1. The van der Waals surface area contributed by atoms with Crippen LogP contribution in [0.2, 0.25) is 0 Å². The SMILES string of the molecule is COC(=O)[C@@H]1CCC(C)N1Br. The van der Waals surface area contributed by atoms with E-state index in [1.54, 1.807) is 0 Å². The third-order valence-electron chi connectivity index (χ3n) is 2.05. The lowest BCUT2D eigenvalue weighted by Crippen LogP contribution is -2.32. The van der Waals surface area contributed by atoms with E-state index in [0.717, 1.165) is 12.8 Å². The molecule has 0 bridgehead atoms. The van der Waals surface area contributed by atoms with E-state index in [4.69, 9.17) is 0 Å². The van der Waals surface area contributed by atoms with Crippen LogP contribution < -0.4 is 0 Å².